The minimum atomic E-state index is -0.827. The number of hydrogen-bond donors (Lipinski definition) is 3. The molecule has 0 saturated heterocycles. The average Bonchev–Trinajstić information content (AvgIpc) is 3.10. The molecule has 1 amide bonds. The van der Waals surface area contributed by atoms with Crippen LogP contribution in [-0.2, 0) is 6.42 Å². The van der Waals surface area contributed by atoms with Crippen LogP contribution in [0.5, 0.6) is 0 Å². The fourth-order valence-electron chi connectivity index (χ4n) is 5.21. The summed E-state index contributed by atoms with van der Waals surface area (Å²) in [5, 5.41) is 14.0. The molecule has 2 aliphatic rings. The van der Waals surface area contributed by atoms with Crippen LogP contribution in [0.3, 0.4) is 0 Å². The van der Waals surface area contributed by atoms with Crippen LogP contribution in [0.25, 0.3) is 22.0 Å². The van der Waals surface area contributed by atoms with Crippen LogP contribution in [0, 0.1) is 5.82 Å². The number of amides is 1. The number of nitrogens with zero attached hydrogens (tertiary/aromatic N) is 1. The zero-order valence-electron chi connectivity index (χ0n) is 17.7. The molecule has 32 heavy (non-hydrogen) atoms. The van der Waals surface area contributed by atoms with Crippen LogP contribution in [0.4, 0.5) is 10.1 Å². The molecule has 166 valence electrons. The van der Waals surface area contributed by atoms with E-state index in [1.807, 2.05) is 24.3 Å². The standard InChI is InChI=1S/C25H26FN3O3/c26-18-12-14(13-19(24(18)25(27)32)28-15-8-10-16(30)11-9-15)23-17-4-1-2-5-20(17)29-21(23)6-3-7-22(29)31/h1-2,4-5,12-13,15-16,28,30H,3,6-11H2,(H2,27,32)/t15-,16-. The fraction of sp³-hybridized carbons (Fsp3) is 0.360. The minimum absolute atomic E-state index is 0.0208. The second-order valence-electron chi connectivity index (χ2n) is 8.82. The summed E-state index contributed by atoms with van der Waals surface area (Å²) in [6, 6.07) is 10.8. The van der Waals surface area contributed by atoms with E-state index in [2.05, 4.69) is 5.32 Å². The number of para-hydroxylation sites is 1. The molecule has 1 aromatic heterocycles. The molecule has 0 atom stereocenters. The first-order chi connectivity index (χ1) is 15.4. The maximum absolute atomic E-state index is 15.2. The third-order valence-electron chi connectivity index (χ3n) is 6.71. The zero-order chi connectivity index (χ0) is 22.4. The molecule has 6 nitrogen and oxygen atoms in total. The van der Waals surface area contributed by atoms with Crippen molar-refractivity contribution in [3.63, 3.8) is 0 Å². The van der Waals surface area contributed by atoms with Crippen molar-refractivity contribution in [3.8, 4) is 11.1 Å². The van der Waals surface area contributed by atoms with E-state index in [9.17, 15) is 14.7 Å². The predicted octanol–water partition coefficient (Wildman–Crippen LogP) is 4.24. The van der Waals surface area contributed by atoms with Gasteiger partial charge in [-0.2, -0.15) is 0 Å². The Morgan fingerprint density at radius 2 is 1.88 bits per heavy atom. The van der Waals surface area contributed by atoms with Crippen molar-refractivity contribution in [2.75, 3.05) is 5.32 Å². The molecule has 0 unspecified atom stereocenters. The number of fused-ring (bicyclic) bond motifs is 3. The smallest absolute Gasteiger partial charge is 0.253 e. The number of primary amides is 1. The first-order valence-corrected chi connectivity index (χ1v) is 11.2. The fourth-order valence-corrected chi connectivity index (χ4v) is 5.21. The van der Waals surface area contributed by atoms with Gasteiger partial charge in [0.25, 0.3) is 5.91 Å². The Labute approximate surface area is 185 Å². The van der Waals surface area contributed by atoms with Gasteiger partial charge in [-0.1, -0.05) is 18.2 Å². The Morgan fingerprint density at radius 1 is 1.12 bits per heavy atom. The first-order valence-electron chi connectivity index (χ1n) is 11.2. The van der Waals surface area contributed by atoms with Crippen molar-refractivity contribution in [1.82, 2.24) is 4.57 Å². The van der Waals surface area contributed by atoms with Gasteiger partial charge in [-0.15, -0.1) is 0 Å². The summed E-state index contributed by atoms with van der Waals surface area (Å²) in [4.78, 5) is 24.8. The van der Waals surface area contributed by atoms with Crippen LogP contribution in [0.2, 0.25) is 0 Å². The Kier molecular flexibility index (Phi) is 5.21. The van der Waals surface area contributed by atoms with E-state index in [1.54, 1.807) is 10.6 Å². The number of anilines is 1. The second-order valence-corrected chi connectivity index (χ2v) is 8.82. The molecule has 3 aromatic rings. The Morgan fingerprint density at radius 3 is 2.62 bits per heavy atom. The van der Waals surface area contributed by atoms with Gasteiger partial charge in [0.1, 0.15) is 5.82 Å². The number of carbonyl (C=O) groups excluding carboxylic acids is 2. The quantitative estimate of drug-likeness (QED) is 0.571. The van der Waals surface area contributed by atoms with Crippen LogP contribution < -0.4 is 11.1 Å². The normalized spacial score (nSPS) is 20.9. The molecule has 1 aliphatic carbocycles. The van der Waals surface area contributed by atoms with E-state index in [0.29, 0.717) is 30.5 Å². The largest absolute Gasteiger partial charge is 0.393 e. The van der Waals surface area contributed by atoms with Gasteiger partial charge in [-0.05, 0) is 62.3 Å². The predicted molar refractivity (Wildman–Crippen MR) is 121 cm³/mol. The Bertz CT molecular complexity index is 1220. The maximum atomic E-state index is 15.2. The number of carbonyl (C=O) groups is 2. The second kappa shape index (κ2) is 8.06. The van der Waals surface area contributed by atoms with Gasteiger partial charge in [0, 0.05) is 29.1 Å². The third-order valence-corrected chi connectivity index (χ3v) is 6.71. The van der Waals surface area contributed by atoms with Crippen molar-refractivity contribution in [2.45, 2.75) is 57.1 Å². The lowest BCUT2D eigenvalue weighted by atomic mass is 9.92. The van der Waals surface area contributed by atoms with E-state index in [1.165, 1.54) is 6.07 Å². The average molecular weight is 435 g/mol. The van der Waals surface area contributed by atoms with Crippen LogP contribution >= 0.6 is 0 Å². The molecule has 2 aromatic carbocycles. The highest BCUT2D eigenvalue weighted by Gasteiger charge is 2.28. The third kappa shape index (κ3) is 3.46. The van der Waals surface area contributed by atoms with Gasteiger partial charge >= 0.3 is 0 Å². The highest BCUT2D eigenvalue weighted by atomic mass is 19.1. The zero-order valence-corrected chi connectivity index (χ0v) is 17.7. The molecule has 2 heterocycles. The van der Waals surface area contributed by atoms with Gasteiger partial charge in [0.05, 0.1) is 22.9 Å². The SMILES string of the molecule is NC(=O)c1c(F)cc(-c2c3n(c4ccccc24)C(=O)CCC3)cc1N[C@H]1CC[C@H](O)CC1. The summed E-state index contributed by atoms with van der Waals surface area (Å²) in [5.74, 6) is -1.46. The number of nitrogens with two attached hydrogens (primary N) is 1. The molecule has 5 rings (SSSR count). The molecular weight excluding hydrogens is 409 g/mol. The molecule has 0 spiro atoms. The number of halogens is 1. The van der Waals surface area contributed by atoms with E-state index in [4.69, 9.17) is 5.73 Å². The topological polar surface area (TPSA) is 97.4 Å². The molecular formula is C25H26FN3O3. The molecule has 4 N–H and O–H groups in total. The minimum Gasteiger partial charge on any atom is -0.393 e. The number of aromatic nitrogens is 1. The summed E-state index contributed by atoms with van der Waals surface area (Å²) in [5.41, 5.74) is 8.86. The highest BCUT2D eigenvalue weighted by molar-refractivity contribution is 6.06. The van der Waals surface area contributed by atoms with E-state index >= 15 is 4.39 Å². The molecule has 1 aliphatic heterocycles. The van der Waals surface area contributed by atoms with Gasteiger partial charge in [-0.25, -0.2) is 4.39 Å². The lowest BCUT2D eigenvalue weighted by Gasteiger charge is -2.28. The number of rotatable bonds is 4. The number of aliphatic hydroxyl groups is 1. The summed E-state index contributed by atoms with van der Waals surface area (Å²) < 4.78 is 17.0. The van der Waals surface area contributed by atoms with Gasteiger partial charge in [0.15, 0.2) is 0 Å². The Balaban J connectivity index is 1.67. The van der Waals surface area contributed by atoms with Crippen molar-refractivity contribution >= 4 is 28.4 Å². The number of aliphatic hydroxyl groups excluding tert-OH is 1. The number of benzene rings is 2. The summed E-state index contributed by atoms with van der Waals surface area (Å²) in [6.45, 7) is 0. The number of hydrogen-bond acceptors (Lipinski definition) is 4. The molecule has 7 heteroatoms. The van der Waals surface area contributed by atoms with Crippen LogP contribution in [-0.4, -0.2) is 33.6 Å². The molecule has 0 bridgehead atoms. The lowest BCUT2D eigenvalue weighted by molar-refractivity contribution is 0.0889. The van der Waals surface area contributed by atoms with Crippen LogP contribution in [0.1, 0.15) is 59.4 Å². The van der Waals surface area contributed by atoms with E-state index < -0.39 is 11.7 Å². The Hall–Kier alpha value is -3.19. The van der Waals surface area contributed by atoms with Crippen molar-refractivity contribution in [2.24, 2.45) is 5.73 Å². The highest BCUT2D eigenvalue weighted by Crippen LogP contribution is 2.40. The lowest BCUT2D eigenvalue weighted by Crippen LogP contribution is -2.29. The van der Waals surface area contributed by atoms with E-state index in [0.717, 1.165) is 47.8 Å². The van der Waals surface area contributed by atoms with Crippen LogP contribution in [0.15, 0.2) is 36.4 Å². The summed E-state index contributed by atoms with van der Waals surface area (Å²) >= 11 is 0. The summed E-state index contributed by atoms with van der Waals surface area (Å²) in [6.07, 6.45) is 4.41. The van der Waals surface area contributed by atoms with Crippen molar-refractivity contribution in [1.29, 1.82) is 0 Å². The van der Waals surface area contributed by atoms with Crippen molar-refractivity contribution < 1.29 is 19.1 Å². The summed E-state index contributed by atoms with van der Waals surface area (Å²) in [7, 11) is 0. The van der Waals surface area contributed by atoms with Gasteiger partial charge in [-0.3, -0.25) is 14.2 Å². The monoisotopic (exact) mass is 435 g/mol. The molecule has 1 fully saturated rings. The first kappa shape index (κ1) is 20.7. The maximum Gasteiger partial charge on any atom is 0.253 e. The van der Waals surface area contributed by atoms with Crippen molar-refractivity contribution in [3.05, 3.63) is 53.5 Å². The van der Waals surface area contributed by atoms with Gasteiger partial charge < -0.3 is 16.2 Å². The van der Waals surface area contributed by atoms with Gasteiger partial charge in [0.2, 0.25) is 5.91 Å². The molecule has 0 radical (unpaired) electrons. The molecule has 1 saturated carbocycles. The van der Waals surface area contributed by atoms with E-state index in [-0.39, 0.29) is 23.6 Å². The number of nitrogens with one attached hydrogen (secondary N) is 1.